The van der Waals surface area contributed by atoms with Gasteiger partial charge in [-0.1, -0.05) is 23.8 Å². The van der Waals surface area contributed by atoms with Crippen molar-refractivity contribution < 1.29 is 4.79 Å². The Morgan fingerprint density at radius 1 is 1.04 bits per heavy atom. The fraction of sp³-hybridized carbons (Fsp3) is 0.143. The molecule has 0 atom stereocenters. The predicted octanol–water partition coefficient (Wildman–Crippen LogP) is 4.27. The van der Waals surface area contributed by atoms with E-state index in [0.717, 1.165) is 16.8 Å². The van der Waals surface area contributed by atoms with Crippen molar-refractivity contribution in [2.75, 3.05) is 10.6 Å². The molecule has 0 saturated carbocycles. The summed E-state index contributed by atoms with van der Waals surface area (Å²) in [5, 5.41) is 14.9. The van der Waals surface area contributed by atoms with Crippen LogP contribution < -0.4 is 10.6 Å². The number of aromatic nitrogens is 2. The van der Waals surface area contributed by atoms with E-state index in [1.807, 2.05) is 19.9 Å². The van der Waals surface area contributed by atoms with Crippen molar-refractivity contribution >= 4 is 23.1 Å². The zero-order chi connectivity index (χ0) is 19.4. The van der Waals surface area contributed by atoms with Crippen LogP contribution in [-0.2, 0) is 0 Å². The number of nitrogens with zero attached hydrogens (tertiary/aromatic N) is 3. The summed E-state index contributed by atoms with van der Waals surface area (Å²) in [6.07, 6.45) is 2.95. The lowest BCUT2D eigenvalue weighted by Crippen LogP contribution is -2.14. The SMILES string of the molecule is Cc1cc(C)c(Nc2cnc(C(=O)Nc3cccc(C#N)c3)cn2)c(C)c1. The quantitative estimate of drug-likeness (QED) is 0.728. The summed E-state index contributed by atoms with van der Waals surface area (Å²) in [7, 11) is 0. The molecule has 0 saturated heterocycles. The van der Waals surface area contributed by atoms with Gasteiger partial charge in [-0.2, -0.15) is 5.26 Å². The van der Waals surface area contributed by atoms with Crippen LogP contribution in [0.3, 0.4) is 0 Å². The Bertz CT molecular complexity index is 1010. The number of nitriles is 1. The average Bonchev–Trinajstić information content (AvgIpc) is 2.65. The fourth-order valence-electron chi connectivity index (χ4n) is 2.88. The van der Waals surface area contributed by atoms with Crippen LogP contribution in [0.4, 0.5) is 17.2 Å². The van der Waals surface area contributed by atoms with Crippen LogP contribution in [-0.4, -0.2) is 15.9 Å². The molecule has 1 heterocycles. The van der Waals surface area contributed by atoms with E-state index in [1.165, 1.54) is 18.0 Å². The maximum Gasteiger partial charge on any atom is 0.275 e. The molecule has 27 heavy (non-hydrogen) atoms. The Morgan fingerprint density at radius 3 is 2.41 bits per heavy atom. The van der Waals surface area contributed by atoms with Crippen LogP contribution in [0, 0.1) is 32.1 Å². The topological polar surface area (TPSA) is 90.7 Å². The largest absolute Gasteiger partial charge is 0.339 e. The molecule has 134 valence electrons. The number of benzene rings is 2. The van der Waals surface area contributed by atoms with Crippen molar-refractivity contribution in [3.63, 3.8) is 0 Å². The van der Waals surface area contributed by atoms with Gasteiger partial charge in [-0.05, 0) is 50.1 Å². The van der Waals surface area contributed by atoms with Gasteiger partial charge in [-0.25, -0.2) is 9.97 Å². The van der Waals surface area contributed by atoms with Gasteiger partial charge in [0.1, 0.15) is 11.5 Å². The molecule has 6 heteroatoms. The molecule has 2 aromatic carbocycles. The van der Waals surface area contributed by atoms with Crippen LogP contribution in [0.25, 0.3) is 0 Å². The van der Waals surface area contributed by atoms with Gasteiger partial charge in [0.15, 0.2) is 0 Å². The Labute approximate surface area is 157 Å². The molecule has 0 aliphatic carbocycles. The van der Waals surface area contributed by atoms with E-state index in [0.29, 0.717) is 17.1 Å². The maximum absolute atomic E-state index is 12.3. The summed E-state index contributed by atoms with van der Waals surface area (Å²) < 4.78 is 0. The minimum atomic E-state index is -0.383. The molecule has 1 aromatic heterocycles. The molecule has 2 N–H and O–H groups in total. The third kappa shape index (κ3) is 4.28. The normalized spacial score (nSPS) is 10.1. The average molecular weight is 357 g/mol. The van der Waals surface area contributed by atoms with Gasteiger partial charge >= 0.3 is 0 Å². The molecule has 0 bridgehead atoms. The minimum Gasteiger partial charge on any atom is -0.339 e. The number of rotatable bonds is 4. The van der Waals surface area contributed by atoms with Gasteiger partial charge in [0, 0.05) is 11.4 Å². The van der Waals surface area contributed by atoms with Crippen LogP contribution in [0.2, 0.25) is 0 Å². The Balaban J connectivity index is 1.73. The van der Waals surface area contributed by atoms with Crippen molar-refractivity contribution in [3.05, 3.63) is 76.7 Å². The first-order valence-corrected chi connectivity index (χ1v) is 8.44. The maximum atomic E-state index is 12.3. The third-order valence-corrected chi connectivity index (χ3v) is 4.06. The molecule has 0 aliphatic rings. The lowest BCUT2D eigenvalue weighted by Gasteiger charge is -2.13. The van der Waals surface area contributed by atoms with Crippen molar-refractivity contribution in [1.82, 2.24) is 9.97 Å². The summed E-state index contributed by atoms with van der Waals surface area (Å²) in [6.45, 7) is 6.13. The summed E-state index contributed by atoms with van der Waals surface area (Å²) in [5.74, 6) is 0.180. The van der Waals surface area contributed by atoms with E-state index < -0.39 is 0 Å². The van der Waals surface area contributed by atoms with E-state index >= 15 is 0 Å². The molecule has 0 radical (unpaired) electrons. The summed E-state index contributed by atoms with van der Waals surface area (Å²) in [6, 6.07) is 12.9. The molecule has 6 nitrogen and oxygen atoms in total. The molecule has 0 spiro atoms. The summed E-state index contributed by atoms with van der Waals surface area (Å²) >= 11 is 0. The Kier molecular flexibility index (Phi) is 5.13. The Morgan fingerprint density at radius 2 is 1.78 bits per heavy atom. The van der Waals surface area contributed by atoms with Crippen LogP contribution in [0.5, 0.6) is 0 Å². The lowest BCUT2D eigenvalue weighted by molar-refractivity contribution is 0.102. The summed E-state index contributed by atoms with van der Waals surface area (Å²) in [4.78, 5) is 20.8. The number of nitrogens with one attached hydrogen (secondary N) is 2. The smallest absolute Gasteiger partial charge is 0.275 e. The summed E-state index contributed by atoms with van der Waals surface area (Å²) in [5.41, 5.74) is 5.63. The number of anilines is 3. The zero-order valence-corrected chi connectivity index (χ0v) is 15.4. The number of carbonyl (C=O) groups is 1. The second-order valence-corrected chi connectivity index (χ2v) is 6.33. The number of aryl methyl sites for hydroxylation is 3. The van der Waals surface area contributed by atoms with Gasteiger partial charge in [-0.15, -0.1) is 0 Å². The van der Waals surface area contributed by atoms with Gasteiger partial charge in [0.25, 0.3) is 5.91 Å². The van der Waals surface area contributed by atoms with Gasteiger partial charge < -0.3 is 10.6 Å². The Hall–Kier alpha value is -3.72. The number of amides is 1. The minimum absolute atomic E-state index is 0.195. The second-order valence-electron chi connectivity index (χ2n) is 6.33. The standard InChI is InChI=1S/C21H19N5O/c1-13-7-14(2)20(15(3)8-13)26-19-12-23-18(11-24-19)21(27)25-17-6-4-5-16(9-17)10-22/h4-9,11-12H,1-3H3,(H,24,26)(H,25,27). The number of hydrogen-bond acceptors (Lipinski definition) is 5. The molecule has 0 unspecified atom stereocenters. The highest BCUT2D eigenvalue weighted by atomic mass is 16.1. The molecule has 0 aliphatic heterocycles. The van der Waals surface area contributed by atoms with Crippen LogP contribution in [0.1, 0.15) is 32.7 Å². The van der Waals surface area contributed by atoms with Crippen LogP contribution >= 0.6 is 0 Å². The highest BCUT2D eigenvalue weighted by molar-refractivity contribution is 6.02. The van der Waals surface area contributed by atoms with Gasteiger partial charge in [0.2, 0.25) is 0 Å². The molecule has 3 aromatic rings. The number of carbonyl (C=O) groups excluding carboxylic acids is 1. The van der Waals surface area contributed by atoms with E-state index in [4.69, 9.17) is 5.26 Å². The van der Waals surface area contributed by atoms with E-state index in [-0.39, 0.29) is 11.6 Å². The first kappa shape index (κ1) is 18.1. The van der Waals surface area contributed by atoms with Gasteiger partial charge in [0.05, 0.1) is 24.0 Å². The monoisotopic (exact) mass is 357 g/mol. The van der Waals surface area contributed by atoms with Crippen molar-refractivity contribution in [2.24, 2.45) is 0 Å². The highest BCUT2D eigenvalue weighted by Gasteiger charge is 2.10. The van der Waals surface area contributed by atoms with Crippen molar-refractivity contribution in [1.29, 1.82) is 5.26 Å². The zero-order valence-electron chi connectivity index (χ0n) is 15.4. The molecule has 1 amide bonds. The van der Waals surface area contributed by atoms with E-state index in [9.17, 15) is 4.79 Å². The second kappa shape index (κ2) is 7.67. The van der Waals surface area contributed by atoms with E-state index in [2.05, 4.69) is 39.7 Å². The third-order valence-electron chi connectivity index (χ3n) is 4.06. The predicted molar refractivity (Wildman–Crippen MR) is 105 cm³/mol. The fourth-order valence-corrected chi connectivity index (χ4v) is 2.88. The molecule has 3 rings (SSSR count). The first-order valence-electron chi connectivity index (χ1n) is 8.44. The molecular weight excluding hydrogens is 338 g/mol. The molecule has 0 fully saturated rings. The van der Waals surface area contributed by atoms with Crippen LogP contribution in [0.15, 0.2) is 48.8 Å². The lowest BCUT2D eigenvalue weighted by atomic mass is 10.1. The van der Waals surface area contributed by atoms with Gasteiger partial charge in [-0.3, -0.25) is 4.79 Å². The van der Waals surface area contributed by atoms with Crippen molar-refractivity contribution in [2.45, 2.75) is 20.8 Å². The number of hydrogen-bond donors (Lipinski definition) is 2. The first-order chi connectivity index (χ1) is 13.0. The molecular formula is C21H19N5O. The van der Waals surface area contributed by atoms with Crippen molar-refractivity contribution in [3.8, 4) is 6.07 Å². The highest BCUT2D eigenvalue weighted by Crippen LogP contribution is 2.24. The van der Waals surface area contributed by atoms with E-state index in [1.54, 1.807) is 24.3 Å².